The number of anilines is 1. The Hall–Kier alpha value is -2.67. The number of methoxy groups -OCH3 is 1. The Bertz CT molecular complexity index is 890. The van der Waals surface area contributed by atoms with Crippen molar-refractivity contribution in [3.63, 3.8) is 0 Å². The molecule has 0 saturated carbocycles. The largest absolute Gasteiger partial charge is 0.465 e. The molecule has 1 aliphatic carbocycles. The van der Waals surface area contributed by atoms with Crippen molar-refractivity contribution < 1.29 is 23.9 Å². The highest BCUT2D eigenvalue weighted by molar-refractivity contribution is 7.17. The molecule has 1 heterocycles. The molecule has 1 aliphatic rings. The second-order valence-corrected chi connectivity index (χ2v) is 8.04. The molecule has 0 spiro atoms. The number of rotatable bonds is 5. The lowest BCUT2D eigenvalue weighted by Gasteiger charge is -2.18. The fourth-order valence-corrected chi connectivity index (χ4v) is 4.80. The topological polar surface area (TPSA) is 81.7 Å². The fraction of sp³-hybridized carbons (Fsp3) is 0.381. The van der Waals surface area contributed by atoms with Gasteiger partial charge in [0.25, 0.3) is 5.91 Å². The van der Waals surface area contributed by atoms with Crippen LogP contribution in [0.25, 0.3) is 0 Å². The van der Waals surface area contributed by atoms with E-state index in [-0.39, 0.29) is 0 Å². The smallest absolute Gasteiger partial charge is 0.341 e. The SMILES string of the molecule is COC(=O)c1c(NC(=O)[C@@H](OC(C)=O)c2ccccc2)sc2c1CC[C@@H](C)C2. The molecule has 148 valence electrons. The van der Waals surface area contributed by atoms with Crippen LogP contribution >= 0.6 is 11.3 Å². The second kappa shape index (κ2) is 8.56. The third-order valence-electron chi connectivity index (χ3n) is 4.76. The summed E-state index contributed by atoms with van der Waals surface area (Å²) in [6.45, 7) is 3.43. The molecule has 0 fully saturated rings. The van der Waals surface area contributed by atoms with E-state index in [1.807, 2.05) is 6.07 Å². The molecule has 1 aromatic heterocycles. The van der Waals surface area contributed by atoms with Crippen molar-refractivity contribution in [1.82, 2.24) is 0 Å². The number of carbonyl (C=O) groups excluding carboxylic acids is 3. The highest BCUT2D eigenvalue weighted by Crippen LogP contribution is 2.40. The molecule has 1 N–H and O–H groups in total. The Balaban J connectivity index is 1.94. The monoisotopic (exact) mass is 401 g/mol. The van der Waals surface area contributed by atoms with Gasteiger partial charge in [0, 0.05) is 17.4 Å². The lowest BCUT2D eigenvalue weighted by Crippen LogP contribution is -2.25. The Labute approximate surface area is 167 Å². The van der Waals surface area contributed by atoms with E-state index >= 15 is 0 Å². The summed E-state index contributed by atoms with van der Waals surface area (Å²) in [5.41, 5.74) is 1.93. The van der Waals surface area contributed by atoms with Gasteiger partial charge in [0.05, 0.1) is 12.7 Å². The Morgan fingerprint density at radius 3 is 2.57 bits per heavy atom. The van der Waals surface area contributed by atoms with Gasteiger partial charge in [-0.1, -0.05) is 37.3 Å². The van der Waals surface area contributed by atoms with Crippen LogP contribution in [0, 0.1) is 5.92 Å². The Kier molecular flexibility index (Phi) is 6.14. The zero-order valence-corrected chi connectivity index (χ0v) is 16.9. The molecule has 1 aromatic carbocycles. The van der Waals surface area contributed by atoms with E-state index in [2.05, 4.69) is 12.2 Å². The second-order valence-electron chi connectivity index (χ2n) is 6.94. The van der Waals surface area contributed by atoms with Gasteiger partial charge in [-0.3, -0.25) is 9.59 Å². The summed E-state index contributed by atoms with van der Waals surface area (Å²) in [5, 5.41) is 3.25. The van der Waals surface area contributed by atoms with Crippen LogP contribution in [0.3, 0.4) is 0 Å². The maximum Gasteiger partial charge on any atom is 0.341 e. The first-order valence-electron chi connectivity index (χ1n) is 9.16. The molecule has 1 amide bonds. The third-order valence-corrected chi connectivity index (χ3v) is 5.93. The average molecular weight is 401 g/mol. The van der Waals surface area contributed by atoms with Crippen molar-refractivity contribution >= 4 is 34.2 Å². The summed E-state index contributed by atoms with van der Waals surface area (Å²) in [5.74, 6) is -1.00. The van der Waals surface area contributed by atoms with E-state index in [4.69, 9.17) is 9.47 Å². The first kappa shape index (κ1) is 20.1. The number of carbonyl (C=O) groups is 3. The number of nitrogens with one attached hydrogen (secondary N) is 1. The van der Waals surface area contributed by atoms with Gasteiger partial charge in [-0.2, -0.15) is 0 Å². The Morgan fingerprint density at radius 2 is 1.93 bits per heavy atom. The fourth-order valence-electron chi connectivity index (χ4n) is 3.40. The van der Waals surface area contributed by atoms with Gasteiger partial charge in [0.1, 0.15) is 5.00 Å². The van der Waals surface area contributed by atoms with Gasteiger partial charge in [-0.15, -0.1) is 11.3 Å². The molecule has 0 bridgehead atoms. The molecule has 0 unspecified atom stereocenters. The lowest BCUT2D eigenvalue weighted by molar-refractivity contribution is -0.152. The molecule has 0 radical (unpaired) electrons. The van der Waals surface area contributed by atoms with E-state index in [9.17, 15) is 14.4 Å². The zero-order chi connectivity index (χ0) is 20.3. The van der Waals surface area contributed by atoms with Crippen LogP contribution < -0.4 is 5.32 Å². The molecular weight excluding hydrogens is 378 g/mol. The molecule has 6 nitrogen and oxygen atoms in total. The summed E-state index contributed by atoms with van der Waals surface area (Å²) < 4.78 is 10.2. The Morgan fingerprint density at radius 1 is 1.21 bits per heavy atom. The van der Waals surface area contributed by atoms with E-state index < -0.39 is 23.9 Å². The van der Waals surface area contributed by atoms with Gasteiger partial charge in [-0.05, 0) is 30.7 Å². The van der Waals surface area contributed by atoms with Gasteiger partial charge in [0.15, 0.2) is 0 Å². The van der Waals surface area contributed by atoms with Crippen LogP contribution in [0.5, 0.6) is 0 Å². The summed E-state index contributed by atoms with van der Waals surface area (Å²) >= 11 is 1.40. The van der Waals surface area contributed by atoms with Gasteiger partial charge >= 0.3 is 11.9 Å². The first-order chi connectivity index (χ1) is 13.4. The van der Waals surface area contributed by atoms with E-state index in [1.165, 1.54) is 25.4 Å². The van der Waals surface area contributed by atoms with Crippen LogP contribution in [0.15, 0.2) is 30.3 Å². The van der Waals surface area contributed by atoms with Crippen molar-refractivity contribution in [2.45, 2.75) is 39.2 Å². The number of fused-ring (bicyclic) bond motifs is 1. The minimum atomic E-state index is -1.10. The number of hydrogen-bond donors (Lipinski definition) is 1. The third kappa shape index (κ3) is 4.25. The van der Waals surface area contributed by atoms with Crippen molar-refractivity contribution in [3.05, 3.63) is 51.9 Å². The summed E-state index contributed by atoms with van der Waals surface area (Å²) in [4.78, 5) is 38.0. The van der Waals surface area contributed by atoms with Crippen LogP contribution in [-0.4, -0.2) is 25.0 Å². The maximum absolute atomic E-state index is 13.0. The van der Waals surface area contributed by atoms with Gasteiger partial charge in [0.2, 0.25) is 6.10 Å². The van der Waals surface area contributed by atoms with Crippen molar-refractivity contribution in [3.8, 4) is 0 Å². The molecule has 0 aliphatic heterocycles. The molecule has 2 atom stereocenters. The maximum atomic E-state index is 13.0. The highest BCUT2D eigenvalue weighted by atomic mass is 32.1. The molecule has 28 heavy (non-hydrogen) atoms. The van der Waals surface area contributed by atoms with Crippen LogP contribution in [0.4, 0.5) is 5.00 Å². The molecule has 7 heteroatoms. The van der Waals surface area contributed by atoms with E-state index in [1.54, 1.807) is 24.3 Å². The van der Waals surface area contributed by atoms with E-state index in [0.717, 1.165) is 29.7 Å². The summed E-state index contributed by atoms with van der Waals surface area (Å²) in [6, 6.07) is 8.79. The van der Waals surface area contributed by atoms with E-state index in [0.29, 0.717) is 22.0 Å². The standard InChI is InChI=1S/C21H23NO5S/c1-12-9-10-15-16(11-12)28-20(17(15)21(25)26-3)22-19(24)18(27-13(2)23)14-7-5-4-6-8-14/h4-8,12,18H,9-11H2,1-3H3,(H,22,24)/t12-,18+/m1/s1. The van der Waals surface area contributed by atoms with Gasteiger partial charge in [-0.25, -0.2) is 4.79 Å². The molecule has 0 saturated heterocycles. The lowest BCUT2D eigenvalue weighted by atomic mass is 9.88. The minimum absolute atomic E-state index is 0.414. The summed E-state index contributed by atoms with van der Waals surface area (Å²) in [7, 11) is 1.33. The van der Waals surface area contributed by atoms with Crippen LogP contribution in [0.1, 0.15) is 52.7 Å². The molecule has 3 rings (SSSR count). The number of thiophene rings is 1. The number of benzene rings is 1. The zero-order valence-electron chi connectivity index (χ0n) is 16.1. The minimum Gasteiger partial charge on any atom is -0.465 e. The first-order valence-corrected chi connectivity index (χ1v) is 9.98. The normalized spacial score (nSPS) is 16.6. The number of hydrogen-bond acceptors (Lipinski definition) is 6. The number of ether oxygens (including phenoxy) is 2. The molecule has 2 aromatic rings. The predicted molar refractivity (Wildman–Crippen MR) is 106 cm³/mol. The molecular formula is C21H23NO5S. The van der Waals surface area contributed by atoms with Crippen molar-refractivity contribution in [2.75, 3.05) is 12.4 Å². The van der Waals surface area contributed by atoms with Crippen LogP contribution in [0.2, 0.25) is 0 Å². The van der Waals surface area contributed by atoms with Crippen molar-refractivity contribution in [2.24, 2.45) is 5.92 Å². The quantitative estimate of drug-likeness (QED) is 0.769. The average Bonchev–Trinajstić information content (AvgIpc) is 3.02. The van der Waals surface area contributed by atoms with Crippen LogP contribution in [-0.2, 0) is 31.9 Å². The number of amides is 1. The van der Waals surface area contributed by atoms with Crippen molar-refractivity contribution in [1.29, 1.82) is 0 Å². The predicted octanol–water partition coefficient (Wildman–Crippen LogP) is 3.90. The number of esters is 2. The summed E-state index contributed by atoms with van der Waals surface area (Å²) in [6.07, 6.45) is 1.54. The van der Waals surface area contributed by atoms with Gasteiger partial charge < -0.3 is 14.8 Å². The highest BCUT2D eigenvalue weighted by Gasteiger charge is 2.31.